The number of Topliss-reactive ketones (excluding diaryl/α,β-unsaturated/α-hetero) is 2. The zero-order valence-corrected chi connectivity index (χ0v) is 21.2. The van der Waals surface area contributed by atoms with Crippen molar-refractivity contribution in [2.45, 2.75) is 57.5 Å². The van der Waals surface area contributed by atoms with E-state index in [1.54, 1.807) is 6.07 Å². The molecule has 3 aliphatic carbocycles. The number of fused-ring (bicyclic) bond motifs is 3. The second-order valence-electron chi connectivity index (χ2n) is 10.5. The van der Waals surface area contributed by atoms with E-state index in [1.807, 2.05) is 12.1 Å². The average molecular weight is 518 g/mol. The molecule has 5 rings (SSSR count). The van der Waals surface area contributed by atoms with Gasteiger partial charge >= 0.3 is 0 Å². The van der Waals surface area contributed by atoms with E-state index in [0.717, 1.165) is 30.4 Å². The summed E-state index contributed by atoms with van der Waals surface area (Å²) in [5.41, 5.74) is 5.42. The molecule has 0 heterocycles. The van der Waals surface area contributed by atoms with E-state index in [0.29, 0.717) is 5.56 Å². The summed E-state index contributed by atoms with van der Waals surface area (Å²) in [5, 5.41) is 44.0. The first-order chi connectivity index (χ1) is 18.1. The lowest BCUT2D eigenvalue weighted by Crippen LogP contribution is -2.58. The second-order valence-corrected chi connectivity index (χ2v) is 10.5. The first-order valence-corrected chi connectivity index (χ1v) is 13.0. The van der Waals surface area contributed by atoms with Crippen molar-refractivity contribution in [1.82, 2.24) is 0 Å². The Bertz CT molecular complexity index is 1420. The number of primary amides is 1. The van der Waals surface area contributed by atoms with Crippen molar-refractivity contribution >= 4 is 23.2 Å². The Hall–Kier alpha value is -3.91. The smallest absolute Gasteiger partial charge is 0.255 e. The van der Waals surface area contributed by atoms with E-state index in [4.69, 9.17) is 5.73 Å². The lowest BCUT2D eigenvalue weighted by Gasteiger charge is -2.46. The largest absolute Gasteiger partial charge is 0.508 e. The van der Waals surface area contributed by atoms with Crippen LogP contribution in [0.4, 0.5) is 0 Å². The van der Waals surface area contributed by atoms with Gasteiger partial charge in [-0.3, -0.25) is 14.4 Å². The highest BCUT2D eigenvalue weighted by molar-refractivity contribution is 6.22. The maximum absolute atomic E-state index is 13.6. The lowest BCUT2D eigenvalue weighted by atomic mass is 9.59. The van der Waals surface area contributed by atoms with E-state index in [2.05, 4.69) is 19.1 Å². The number of carbonyl (C=O) groups excluding carboxylic acids is 3. The molecule has 198 valence electrons. The van der Waals surface area contributed by atoms with Crippen molar-refractivity contribution < 1.29 is 34.8 Å². The van der Waals surface area contributed by atoms with Crippen LogP contribution in [0.15, 0.2) is 53.3 Å². The number of nitrogens with two attached hydrogens (primary N) is 1. The number of carbonyl (C=O) groups is 3. The topological polar surface area (TPSA) is 158 Å². The monoisotopic (exact) mass is 517 g/mol. The number of phenols is 1. The Morgan fingerprint density at radius 3 is 2.39 bits per heavy atom. The van der Waals surface area contributed by atoms with Crippen LogP contribution in [0.5, 0.6) is 5.75 Å². The zero-order chi connectivity index (χ0) is 27.4. The van der Waals surface area contributed by atoms with E-state index in [9.17, 15) is 34.8 Å². The van der Waals surface area contributed by atoms with E-state index < -0.39 is 52.0 Å². The molecule has 0 aliphatic heterocycles. The average Bonchev–Trinajstić information content (AvgIpc) is 2.87. The Morgan fingerprint density at radius 1 is 1.03 bits per heavy atom. The van der Waals surface area contributed by atoms with Gasteiger partial charge in [0.25, 0.3) is 5.91 Å². The maximum atomic E-state index is 13.6. The van der Waals surface area contributed by atoms with Gasteiger partial charge in [0.05, 0.1) is 5.56 Å². The van der Waals surface area contributed by atoms with Crippen LogP contribution in [0.1, 0.15) is 55.7 Å². The van der Waals surface area contributed by atoms with Gasteiger partial charge < -0.3 is 26.2 Å². The van der Waals surface area contributed by atoms with E-state index in [1.165, 1.54) is 18.1 Å². The molecule has 2 aromatic carbocycles. The van der Waals surface area contributed by atoms with Gasteiger partial charge in [-0.1, -0.05) is 50.1 Å². The molecule has 1 saturated carbocycles. The van der Waals surface area contributed by atoms with Crippen LogP contribution in [-0.2, 0) is 27.2 Å². The molecule has 3 aliphatic rings. The Kier molecular flexibility index (Phi) is 6.39. The highest BCUT2D eigenvalue weighted by atomic mass is 16.3. The normalized spacial score (nSPS) is 24.7. The third-order valence-electron chi connectivity index (χ3n) is 8.28. The summed E-state index contributed by atoms with van der Waals surface area (Å²) in [5.74, 6) is -6.29. The van der Waals surface area contributed by atoms with Crippen LogP contribution >= 0.6 is 0 Å². The molecule has 8 heteroatoms. The molecule has 8 nitrogen and oxygen atoms in total. The highest BCUT2D eigenvalue weighted by Gasteiger charge is 2.60. The van der Waals surface area contributed by atoms with Crippen LogP contribution in [0.2, 0.25) is 0 Å². The number of aliphatic hydroxyl groups excluding tert-OH is 2. The first kappa shape index (κ1) is 25.7. The molecule has 6 N–H and O–H groups in total. The first-order valence-electron chi connectivity index (χ1n) is 13.0. The predicted molar refractivity (Wildman–Crippen MR) is 140 cm³/mol. The van der Waals surface area contributed by atoms with Gasteiger partial charge in [0, 0.05) is 17.9 Å². The lowest BCUT2D eigenvalue weighted by molar-refractivity contribution is -0.147. The number of hydrogen-bond donors (Lipinski definition) is 5. The van der Waals surface area contributed by atoms with Crippen molar-refractivity contribution in [2.75, 3.05) is 0 Å². The minimum atomic E-state index is -2.56. The fourth-order valence-corrected chi connectivity index (χ4v) is 6.32. The predicted octanol–water partition coefficient (Wildman–Crippen LogP) is 3.82. The van der Waals surface area contributed by atoms with Crippen molar-refractivity contribution in [3.8, 4) is 16.9 Å². The van der Waals surface area contributed by atoms with Gasteiger partial charge in [0.2, 0.25) is 5.78 Å². The molecule has 0 aromatic heterocycles. The van der Waals surface area contributed by atoms with Crippen molar-refractivity contribution in [2.24, 2.45) is 17.6 Å². The Labute approximate surface area is 220 Å². The molecule has 0 saturated heterocycles. The molecule has 38 heavy (non-hydrogen) atoms. The minimum absolute atomic E-state index is 0.0988. The van der Waals surface area contributed by atoms with Crippen LogP contribution in [0.3, 0.4) is 0 Å². The molecule has 1 amide bonds. The van der Waals surface area contributed by atoms with Gasteiger partial charge in [-0.05, 0) is 59.9 Å². The minimum Gasteiger partial charge on any atom is -0.508 e. The molecular weight excluding hydrogens is 486 g/mol. The molecule has 0 spiro atoms. The van der Waals surface area contributed by atoms with E-state index >= 15 is 0 Å². The van der Waals surface area contributed by atoms with Crippen LogP contribution in [-0.4, -0.2) is 43.5 Å². The number of aryl methyl sites for hydroxylation is 1. The third-order valence-corrected chi connectivity index (χ3v) is 8.28. The number of hydrogen-bond acceptors (Lipinski definition) is 7. The third kappa shape index (κ3) is 3.82. The van der Waals surface area contributed by atoms with Crippen LogP contribution in [0, 0.1) is 11.8 Å². The molecule has 3 atom stereocenters. The van der Waals surface area contributed by atoms with Crippen LogP contribution < -0.4 is 5.73 Å². The summed E-state index contributed by atoms with van der Waals surface area (Å²) in [4.78, 5) is 37.9. The summed E-state index contributed by atoms with van der Waals surface area (Å²) in [6, 6.07) is 11.4. The van der Waals surface area contributed by atoms with Crippen molar-refractivity contribution in [3.05, 3.63) is 70.0 Å². The number of ketones is 2. The molecule has 0 radical (unpaired) electrons. The number of aromatic hydroxyl groups is 1. The molecule has 0 bridgehead atoms. The zero-order valence-electron chi connectivity index (χ0n) is 21.2. The maximum Gasteiger partial charge on any atom is 0.255 e. The fourth-order valence-electron chi connectivity index (χ4n) is 6.32. The van der Waals surface area contributed by atoms with Crippen LogP contribution in [0.25, 0.3) is 16.9 Å². The molecule has 2 aromatic rings. The summed E-state index contributed by atoms with van der Waals surface area (Å²) >= 11 is 0. The van der Waals surface area contributed by atoms with Gasteiger partial charge in [-0.2, -0.15) is 0 Å². The van der Waals surface area contributed by atoms with Gasteiger partial charge in [-0.15, -0.1) is 0 Å². The number of aliphatic hydroxyl groups is 3. The number of benzene rings is 2. The van der Waals surface area contributed by atoms with Gasteiger partial charge in [0.15, 0.2) is 11.4 Å². The standard InChI is InChI=1S/C30H31NO7/c1-2-3-4-5-15-6-8-16(9-7-15)19-10-11-21(32)24-20(19)13-17-12-18-14-22(33)25(29(31)37)28(36)30(18,38)27(35)23(17)26(24)34/h6-11,17-18,32,34,36,38H,2-5,12-14H2,1H3,(H2,31,37)/t17-,18+,30+/m1/s1. The molecular formula is C30H31NO7. The summed E-state index contributed by atoms with van der Waals surface area (Å²) in [6.07, 6.45) is 4.46. The molecule has 1 fully saturated rings. The SMILES string of the molecule is CCCCCc1ccc(-c2ccc(O)c3c2C[C@H]2C[C@H]4CC(=O)C(C(N)=O)=C(O)[C@@]4(O)C(=O)C2=C3O)cc1. The second kappa shape index (κ2) is 9.44. The quantitative estimate of drug-likeness (QED) is 0.288. The number of phenolic OH excluding ortho intramolecular Hbond substituents is 1. The summed E-state index contributed by atoms with van der Waals surface area (Å²) in [6.45, 7) is 2.16. The molecule has 0 unspecified atom stereocenters. The van der Waals surface area contributed by atoms with Gasteiger partial charge in [0.1, 0.15) is 22.8 Å². The number of rotatable bonds is 6. The highest BCUT2D eigenvalue weighted by Crippen LogP contribution is 2.53. The Balaban J connectivity index is 1.59. The van der Waals surface area contributed by atoms with Crippen molar-refractivity contribution in [3.63, 3.8) is 0 Å². The summed E-state index contributed by atoms with van der Waals surface area (Å²) < 4.78 is 0. The fraction of sp³-hybridized carbons (Fsp3) is 0.367. The van der Waals surface area contributed by atoms with Crippen molar-refractivity contribution in [1.29, 1.82) is 0 Å². The van der Waals surface area contributed by atoms with Gasteiger partial charge in [-0.25, -0.2) is 0 Å². The van der Waals surface area contributed by atoms with E-state index in [-0.39, 0.29) is 36.1 Å². The number of unbranched alkanes of at least 4 members (excludes halogenated alkanes) is 2. The number of amides is 1. The Morgan fingerprint density at radius 2 is 1.74 bits per heavy atom. The summed E-state index contributed by atoms with van der Waals surface area (Å²) in [7, 11) is 0.